The fraction of sp³-hybridized carbons (Fsp3) is 0.429. The van der Waals surface area contributed by atoms with E-state index in [1.807, 2.05) is 13.8 Å². The zero-order valence-corrected chi connectivity index (χ0v) is 13.3. The second-order valence-electron chi connectivity index (χ2n) is 5.07. The third kappa shape index (κ3) is 5.91. The number of amides is 2. The van der Waals surface area contributed by atoms with Gasteiger partial charge in [-0.25, -0.2) is 0 Å². The molecule has 0 heterocycles. The molecule has 0 aromatic heterocycles. The van der Waals surface area contributed by atoms with Crippen LogP contribution in [0.1, 0.15) is 20.3 Å². The van der Waals surface area contributed by atoms with E-state index in [0.717, 1.165) is 0 Å². The van der Waals surface area contributed by atoms with E-state index >= 15 is 0 Å². The highest BCUT2D eigenvalue weighted by Gasteiger charge is 2.19. The lowest BCUT2D eigenvalue weighted by Gasteiger charge is -2.17. The van der Waals surface area contributed by atoms with Crippen molar-refractivity contribution in [3.8, 4) is 0 Å². The summed E-state index contributed by atoms with van der Waals surface area (Å²) >= 11 is 11.6. The molecule has 1 aromatic carbocycles. The molecule has 0 saturated carbocycles. The van der Waals surface area contributed by atoms with Gasteiger partial charge in [-0.15, -0.1) is 0 Å². The minimum Gasteiger partial charge on any atom is -0.394 e. The molecule has 21 heavy (non-hydrogen) atoms. The number of halogens is 2. The SMILES string of the molecule is CC(C)CC(CO)NC(=O)C(=O)Nc1ccc(Cl)c(Cl)c1. The molecule has 0 bridgehead atoms. The van der Waals surface area contributed by atoms with Gasteiger partial charge in [0.15, 0.2) is 0 Å². The van der Waals surface area contributed by atoms with Crippen LogP contribution in [0.5, 0.6) is 0 Å². The van der Waals surface area contributed by atoms with Crippen molar-refractivity contribution in [3.63, 3.8) is 0 Å². The standard InChI is InChI=1S/C14H18Cl2N2O3/c1-8(2)5-10(7-19)18-14(21)13(20)17-9-3-4-11(15)12(16)6-9/h3-4,6,8,10,19H,5,7H2,1-2H3,(H,17,20)(H,18,21). The average molecular weight is 333 g/mol. The molecule has 0 spiro atoms. The molecule has 1 atom stereocenters. The molecule has 5 nitrogen and oxygen atoms in total. The Balaban J connectivity index is 2.61. The molecule has 1 unspecified atom stereocenters. The van der Waals surface area contributed by atoms with Crippen molar-refractivity contribution in [2.45, 2.75) is 26.3 Å². The first-order valence-electron chi connectivity index (χ1n) is 6.51. The smallest absolute Gasteiger partial charge is 0.313 e. The number of carbonyl (C=O) groups excluding carboxylic acids is 2. The highest BCUT2D eigenvalue weighted by Crippen LogP contribution is 2.24. The maximum absolute atomic E-state index is 11.8. The number of hydrogen-bond donors (Lipinski definition) is 3. The van der Waals surface area contributed by atoms with Crippen molar-refractivity contribution in [2.75, 3.05) is 11.9 Å². The first kappa shape index (κ1) is 17.8. The maximum Gasteiger partial charge on any atom is 0.313 e. The van der Waals surface area contributed by atoms with Crippen LogP contribution in [0.2, 0.25) is 10.0 Å². The number of anilines is 1. The Bertz CT molecular complexity index is 521. The molecule has 7 heteroatoms. The summed E-state index contributed by atoms with van der Waals surface area (Å²) in [6, 6.07) is 4.06. The first-order valence-corrected chi connectivity index (χ1v) is 7.26. The van der Waals surface area contributed by atoms with E-state index in [-0.39, 0.29) is 11.6 Å². The van der Waals surface area contributed by atoms with E-state index in [1.54, 1.807) is 0 Å². The second kappa shape index (κ2) is 8.22. The lowest BCUT2D eigenvalue weighted by molar-refractivity contribution is -0.136. The van der Waals surface area contributed by atoms with Gasteiger partial charge in [0.05, 0.1) is 22.7 Å². The van der Waals surface area contributed by atoms with Crippen LogP contribution in [0.25, 0.3) is 0 Å². The minimum absolute atomic E-state index is 0.218. The zero-order chi connectivity index (χ0) is 16.0. The highest BCUT2D eigenvalue weighted by molar-refractivity contribution is 6.42. The van der Waals surface area contributed by atoms with Gasteiger partial charge in [-0.2, -0.15) is 0 Å². The van der Waals surface area contributed by atoms with Crippen molar-refractivity contribution < 1.29 is 14.7 Å². The Hall–Kier alpha value is -1.30. The van der Waals surface area contributed by atoms with Crippen molar-refractivity contribution in [3.05, 3.63) is 28.2 Å². The van der Waals surface area contributed by atoms with Crippen LogP contribution in [-0.2, 0) is 9.59 Å². The van der Waals surface area contributed by atoms with E-state index in [0.29, 0.717) is 23.0 Å². The van der Waals surface area contributed by atoms with Crippen molar-refractivity contribution in [2.24, 2.45) is 5.92 Å². The third-order valence-corrected chi connectivity index (χ3v) is 3.43. The van der Waals surface area contributed by atoms with E-state index in [9.17, 15) is 14.7 Å². The summed E-state index contributed by atoms with van der Waals surface area (Å²) in [6.07, 6.45) is 0.586. The molecule has 0 saturated heterocycles. The van der Waals surface area contributed by atoms with Crippen molar-refractivity contribution in [1.29, 1.82) is 0 Å². The van der Waals surface area contributed by atoms with Gasteiger partial charge in [0.2, 0.25) is 0 Å². The van der Waals surface area contributed by atoms with Gasteiger partial charge in [0.25, 0.3) is 0 Å². The summed E-state index contributed by atoms with van der Waals surface area (Å²) in [5.74, 6) is -1.34. The van der Waals surface area contributed by atoms with E-state index in [1.165, 1.54) is 18.2 Å². The number of hydrogen-bond acceptors (Lipinski definition) is 3. The molecule has 0 fully saturated rings. The molecule has 3 N–H and O–H groups in total. The van der Waals surface area contributed by atoms with Crippen LogP contribution in [-0.4, -0.2) is 29.6 Å². The molecule has 1 rings (SSSR count). The lowest BCUT2D eigenvalue weighted by Crippen LogP contribution is -2.44. The molecular formula is C14H18Cl2N2O3. The predicted molar refractivity (Wildman–Crippen MR) is 83.6 cm³/mol. The first-order chi connectivity index (χ1) is 9.83. The van der Waals surface area contributed by atoms with Gasteiger partial charge in [-0.1, -0.05) is 37.0 Å². The molecule has 0 radical (unpaired) electrons. The van der Waals surface area contributed by atoms with Crippen molar-refractivity contribution in [1.82, 2.24) is 5.32 Å². The van der Waals surface area contributed by atoms with Crippen LogP contribution in [0.15, 0.2) is 18.2 Å². The summed E-state index contributed by atoms with van der Waals surface area (Å²) in [5, 5.41) is 14.7. The van der Waals surface area contributed by atoms with Crippen LogP contribution < -0.4 is 10.6 Å². The van der Waals surface area contributed by atoms with Gasteiger partial charge in [-0.3, -0.25) is 9.59 Å². The number of carbonyl (C=O) groups is 2. The van der Waals surface area contributed by atoms with E-state index in [4.69, 9.17) is 23.2 Å². The lowest BCUT2D eigenvalue weighted by atomic mass is 10.0. The van der Waals surface area contributed by atoms with Gasteiger partial charge < -0.3 is 15.7 Å². The fourth-order valence-electron chi connectivity index (χ4n) is 1.76. The average Bonchev–Trinajstić information content (AvgIpc) is 2.41. The van der Waals surface area contributed by atoms with Crippen LogP contribution >= 0.6 is 23.2 Å². The number of benzene rings is 1. The number of aliphatic hydroxyl groups excluding tert-OH is 1. The Labute approximate surface area is 133 Å². The molecule has 116 valence electrons. The maximum atomic E-state index is 11.8. The normalized spacial score (nSPS) is 12.1. The molecule has 0 aliphatic carbocycles. The van der Waals surface area contributed by atoms with Gasteiger partial charge in [0.1, 0.15) is 0 Å². The Morgan fingerprint density at radius 1 is 1.19 bits per heavy atom. The monoisotopic (exact) mass is 332 g/mol. The fourth-order valence-corrected chi connectivity index (χ4v) is 2.06. The van der Waals surface area contributed by atoms with Gasteiger partial charge in [0, 0.05) is 5.69 Å². The van der Waals surface area contributed by atoms with Crippen molar-refractivity contribution >= 4 is 40.7 Å². The summed E-state index contributed by atoms with van der Waals surface area (Å²) in [7, 11) is 0. The quantitative estimate of drug-likeness (QED) is 0.724. The van der Waals surface area contributed by atoms with Crippen LogP contribution in [0.3, 0.4) is 0 Å². The third-order valence-electron chi connectivity index (χ3n) is 2.70. The number of rotatable bonds is 5. The second-order valence-corrected chi connectivity index (χ2v) is 5.88. The molecular weight excluding hydrogens is 315 g/mol. The zero-order valence-electron chi connectivity index (χ0n) is 11.8. The number of nitrogens with one attached hydrogen (secondary N) is 2. The van der Waals surface area contributed by atoms with Gasteiger partial charge >= 0.3 is 11.8 Å². The topological polar surface area (TPSA) is 78.4 Å². The summed E-state index contributed by atoms with van der Waals surface area (Å²) in [6.45, 7) is 3.71. The molecule has 1 aromatic rings. The summed E-state index contributed by atoms with van der Waals surface area (Å²) in [4.78, 5) is 23.5. The number of aliphatic hydroxyl groups is 1. The summed E-state index contributed by atoms with van der Waals surface area (Å²) < 4.78 is 0. The van der Waals surface area contributed by atoms with Crippen LogP contribution in [0.4, 0.5) is 5.69 Å². The minimum atomic E-state index is -0.824. The Morgan fingerprint density at radius 2 is 1.86 bits per heavy atom. The summed E-state index contributed by atoms with van der Waals surface area (Å²) in [5.41, 5.74) is 0.369. The van der Waals surface area contributed by atoms with E-state index < -0.39 is 17.9 Å². The van der Waals surface area contributed by atoms with E-state index in [2.05, 4.69) is 10.6 Å². The highest BCUT2D eigenvalue weighted by atomic mass is 35.5. The Kier molecular flexibility index (Phi) is 6.95. The van der Waals surface area contributed by atoms with Crippen LogP contribution in [0, 0.1) is 5.92 Å². The molecule has 2 amide bonds. The molecule has 0 aliphatic heterocycles. The van der Waals surface area contributed by atoms with Gasteiger partial charge in [-0.05, 0) is 30.5 Å². The largest absolute Gasteiger partial charge is 0.394 e. The predicted octanol–water partition coefficient (Wildman–Crippen LogP) is 2.46. The Morgan fingerprint density at radius 3 is 2.38 bits per heavy atom. The molecule has 0 aliphatic rings.